The van der Waals surface area contributed by atoms with Crippen molar-refractivity contribution in [2.75, 3.05) is 13.7 Å². The van der Waals surface area contributed by atoms with Gasteiger partial charge in [0.1, 0.15) is 10.8 Å². The maximum absolute atomic E-state index is 12.4. The molecule has 26 heavy (non-hydrogen) atoms. The van der Waals surface area contributed by atoms with Crippen molar-refractivity contribution in [1.29, 1.82) is 0 Å². The summed E-state index contributed by atoms with van der Waals surface area (Å²) in [6.07, 6.45) is 5.36. The minimum Gasteiger partial charge on any atom is -0.490 e. The summed E-state index contributed by atoms with van der Waals surface area (Å²) in [4.78, 5) is 4.64. The summed E-state index contributed by atoms with van der Waals surface area (Å²) in [6, 6.07) is 6.63. The largest absolute Gasteiger partial charge is 0.490 e. The van der Waals surface area contributed by atoms with Gasteiger partial charge in [-0.15, -0.1) is 11.3 Å². The van der Waals surface area contributed by atoms with Crippen LogP contribution in [0.5, 0.6) is 5.75 Å². The minimum absolute atomic E-state index is 0.245. The van der Waals surface area contributed by atoms with Gasteiger partial charge in [-0.25, -0.2) is 18.1 Å². The van der Waals surface area contributed by atoms with Crippen LogP contribution in [0.1, 0.15) is 36.4 Å². The fraction of sp³-hybridized carbons (Fsp3) is 0.500. The molecular formula is C18H24N2O4S2. The van der Waals surface area contributed by atoms with E-state index in [1.54, 1.807) is 31.4 Å². The molecule has 0 saturated heterocycles. The average molecular weight is 397 g/mol. The summed E-state index contributed by atoms with van der Waals surface area (Å²) in [5.74, 6) is 0.726. The van der Waals surface area contributed by atoms with E-state index in [2.05, 4.69) is 9.71 Å². The second kappa shape index (κ2) is 8.94. The van der Waals surface area contributed by atoms with E-state index in [1.165, 1.54) is 24.2 Å². The van der Waals surface area contributed by atoms with Gasteiger partial charge in [0.25, 0.3) is 0 Å². The van der Waals surface area contributed by atoms with Gasteiger partial charge in [0.15, 0.2) is 0 Å². The van der Waals surface area contributed by atoms with Gasteiger partial charge in [0, 0.05) is 25.5 Å². The summed E-state index contributed by atoms with van der Waals surface area (Å²) < 4.78 is 38.3. The normalized spacial score (nSPS) is 15.4. The van der Waals surface area contributed by atoms with Crippen LogP contribution in [0.3, 0.4) is 0 Å². The summed E-state index contributed by atoms with van der Waals surface area (Å²) in [5.41, 5.74) is 0.866. The van der Waals surface area contributed by atoms with Crippen molar-refractivity contribution >= 4 is 21.4 Å². The van der Waals surface area contributed by atoms with Gasteiger partial charge in [-0.3, -0.25) is 0 Å². The smallest absolute Gasteiger partial charge is 0.240 e. The fourth-order valence-electron chi connectivity index (χ4n) is 2.95. The predicted molar refractivity (Wildman–Crippen MR) is 101 cm³/mol. The second-order valence-electron chi connectivity index (χ2n) is 6.31. The van der Waals surface area contributed by atoms with Crippen molar-refractivity contribution in [3.63, 3.8) is 0 Å². The molecule has 0 amide bonds. The third-order valence-corrected chi connectivity index (χ3v) is 6.63. The highest BCUT2D eigenvalue weighted by Crippen LogP contribution is 2.25. The molecule has 0 radical (unpaired) electrons. The number of rotatable bonds is 9. The lowest BCUT2D eigenvalue weighted by Gasteiger charge is -2.13. The number of benzene rings is 1. The lowest BCUT2D eigenvalue weighted by atomic mass is 10.3. The minimum atomic E-state index is -3.53. The lowest BCUT2D eigenvalue weighted by Crippen LogP contribution is -2.26. The van der Waals surface area contributed by atoms with Crippen molar-refractivity contribution in [3.8, 4) is 5.75 Å². The Morgan fingerprint density at radius 1 is 1.23 bits per heavy atom. The SMILES string of the molecule is COCc1nc(CCNS(=O)(=O)c2ccc(OC3CCCC3)cc2)cs1. The Morgan fingerprint density at radius 3 is 2.65 bits per heavy atom. The van der Waals surface area contributed by atoms with Crippen LogP contribution in [-0.2, 0) is 27.8 Å². The molecule has 1 aromatic carbocycles. The first-order valence-corrected chi connectivity index (χ1v) is 11.1. The Morgan fingerprint density at radius 2 is 1.96 bits per heavy atom. The number of ether oxygens (including phenoxy) is 2. The molecule has 1 heterocycles. The molecule has 1 aromatic heterocycles. The number of aromatic nitrogens is 1. The van der Waals surface area contributed by atoms with Gasteiger partial charge < -0.3 is 9.47 Å². The van der Waals surface area contributed by atoms with Crippen LogP contribution < -0.4 is 9.46 Å². The molecule has 0 unspecified atom stereocenters. The molecule has 1 saturated carbocycles. The van der Waals surface area contributed by atoms with Gasteiger partial charge in [-0.2, -0.15) is 0 Å². The van der Waals surface area contributed by atoms with Crippen LogP contribution in [0.4, 0.5) is 0 Å². The topological polar surface area (TPSA) is 77.5 Å². The first-order valence-electron chi connectivity index (χ1n) is 8.75. The van der Waals surface area contributed by atoms with Crippen LogP contribution >= 0.6 is 11.3 Å². The van der Waals surface area contributed by atoms with E-state index >= 15 is 0 Å². The van der Waals surface area contributed by atoms with E-state index in [4.69, 9.17) is 9.47 Å². The number of nitrogens with one attached hydrogen (secondary N) is 1. The van der Waals surface area contributed by atoms with Crippen LogP contribution in [0.2, 0.25) is 0 Å². The van der Waals surface area contributed by atoms with Crippen molar-refractivity contribution < 1.29 is 17.9 Å². The van der Waals surface area contributed by atoms with Crippen molar-refractivity contribution in [2.45, 2.75) is 49.7 Å². The monoisotopic (exact) mass is 396 g/mol. The van der Waals surface area contributed by atoms with Crippen LogP contribution in [0.25, 0.3) is 0 Å². The standard InChI is InChI=1S/C18H24N2O4S2/c1-23-12-18-20-14(13-25-18)10-11-19-26(21,22)17-8-6-16(7-9-17)24-15-4-2-3-5-15/h6-9,13,15,19H,2-5,10-12H2,1H3. The highest BCUT2D eigenvalue weighted by atomic mass is 32.2. The van der Waals surface area contributed by atoms with Crippen LogP contribution in [-0.4, -0.2) is 33.2 Å². The predicted octanol–water partition coefficient (Wildman–Crippen LogP) is 3.13. The molecule has 2 aromatic rings. The first-order chi connectivity index (χ1) is 12.6. The Bertz CT molecular complexity index is 797. The van der Waals surface area contributed by atoms with Crippen molar-refractivity contribution in [3.05, 3.63) is 40.3 Å². The molecule has 142 valence electrons. The maximum atomic E-state index is 12.4. The molecule has 1 aliphatic rings. The number of nitrogens with zero attached hydrogens (tertiary/aromatic N) is 1. The maximum Gasteiger partial charge on any atom is 0.240 e. The molecule has 3 rings (SSSR count). The molecule has 0 aliphatic heterocycles. The Labute approximate surface area is 158 Å². The molecule has 1 N–H and O–H groups in total. The Kier molecular flexibility index (Phi) is 6.63. The van der Waals surface area contributed by atoms with Crippen LogP contribution in [0, 0.1) is 0 Å². The van der Waals surface area contributed by atoms with Gasteiger partial charge in [0.2, 0.25) is 10.0 Å². The van der Waals surface area contributed by atoms with E-state index in [9.17, 15) is 8.42 Å². The molecule has 0 spiro atoms. The summed E-state index contributed by atoms with van der Waals surface area (Å²) in [7, 11) is -1.91. The average Bonchev–Trinajstić information content (AvgIpc) is 3.28. The van der Waals surface area contributed by atoms with Gasteiger partial charge in [-0.05, 0) is 49.9 Å². The van der Waals surface area contributed by atoms with Crippen molar-refractivity contribution in [2.24, 2.45) is 0 Å². The molecule has 1 fully saturated rings. The molecule has 0 bridgehead atoms. The summed E-state index contributed by atoms with van der Waals surface area (Å²) in [5, 5.41) is 2.82. The van der Waals surface area contributed by atoms with E-state index < -0.39 is 10.0 Å². The Hall–Kier alpha value is -1.48. The zero-order valence-corrected chi connectivity index (χ0v) is 16.4. The molecular weight excluding hydrogens is 372 g/mol. The number of hydrogen-bond donors (Lipinski definition) is 1. The summed E-state index contributed by atoms with van der Waals surface area (Å²) >= 11 is 1.52. The Balaban J connectivity index is 1.51. The quantitative estimate of drug-likeness (QED) is 0.705. The second-order valence-corrected chi connectivity index (χ2v) is 9.02. The number of methoxy groups -OCH3 is 1. The van der Waals surface area contributed by atoms with E-state index in [0.29, 0.717) is 19.6 Å². The zero-order chi connectivity index (χ0) is 18.4. The zero-order valence-electron chi connectivity index (χ0n) is 14.8. The van der Waals surface area contributed by atoms with Crippen LogP contribution in [0.15, 0.2) is 34.5 Å². The fourth-order valence-corrected chi connectivity index (χ4v) is 4.78. The highest BCUT2D eigenvalue weighted by molar-refractivity contribution is 7.89. The number of sulfonamides is 1. The van der Waals surface area contributed by atoms with Gasteiger partial charge in [0.05, 0.1) is 23.3 Å². The van der Waals surface area contributed by atoms with E-state index in [1.807, 2.05) is 5.38 Å². The molecule has 0 atom stereocenters. The van der Waals surface area contributed by atoms with E-state index in [0.717, 1.165) is 29.3 Å². The molecule has 8 heteroatoms. The number of thiazole rings is 1. The van der Waals surface area contributed by atoms with Crippen molar-refractivity contribution in [1.82, 2.24) is 9.71 Å². The first kappa shape index (κ1) is 19.3. The lowest BCUT2D eigenvalue weighted by molar-refractivity contribution is 0.184. The summed E-state index contributed by atoms with van der Waals surface area (Å²) in [6.45, 7) is 0.782. The third kappa shape index (κ3) is 5.26. The molecule has 1 aliphatic carbocycles. The van der Waals surface area contributed by atoms with E-state index in [-0.39, 0.29) is 11.0 Å². The third-order valence-electron chi connectivity index (χ3n) is 4.28. The highest BCUT2D eigenvalue weighted by Gasteiger charge is 2.18. The van der Waals surface area contributed by atoms with Gasteiger partial charge >= 0.3 is 0 Å². The molecule has 6 nitrogen and oxygen atoms in total. The number of hydrogen-bond acceptors (Lipinski definition) is 6. The van der Waals surface area contributed by atoms with Gasteiger partial charge in [-0.1, -0.05) is 0 Å².